The molecule has 13 heteroatoms. The van der Waals surface area contributed by atoms with Gasteiger partial charge in [-0.15, -0.1) is 0 Å². The second kappa shape index (κ2) is 50.1. The Morgan fingerprint density at radius 1 is 0.514 bits per heavy atom. The van der Waals surface area contributed by atoms with Gasteiger partial charge in [-0.25, -0.2) is 4.18 Å². The number of esters is 1. The normalized spacial score (nSPS) is 19.8. The fraction of sp³-hybridized carbons (Fsp3) is 0.623. The lowest BCUT2D eigenvalue weighted by Gasteiger charge is -2.41. The second-order valence-corrected chi connectivity index (χ2v) is 19.5. The maximum absolute atomic E-state index is 13.0. The summed E-state index contributed by atoms with van der Waals surface area (Å²) in [5, 5.41) is 30.8. The Morgan fingerprint density at radius 2 is 0.892 bits per heavy atom. The van der Waals surface area contributed by atoms with Gasteiger partial charge in [-0.3, -0.25) is 9.35 Å². The number of unbranched alkanes of at least 4 members (excludes halogenated alkanes) is 12. The number of hydrogen-bond acceptors (Lipinski definition) is 11. The first kappa shape index (κ1) is 68.3. The standard InChI is InChI=1S/C61H98O12S/c1-3-5-7-9-11-13-15-17-19-21-23-25-27-29-31-33-35-37-39-41-43-45-47-49-51-69-53-55(54-70-61-59(65)60(73-74(66,67)68)58(64)56(52-62)72-61)71-57(63)50-48-46-44-42-40-38-36-34-32-30-28-26-24-22-20-18-16-14-12-10-8-6-4-2/h5-8,11-14,17-20,23-26,29-32,36,38,55-56,58-62,64-65H,3-4,9-10,15-16,21-22,27-28,33-35,37,39-54H2,1-2H3,(H,66,67,68)/b7-5-,8-6-,13-11-,14-12-,19-17-,20-18-,25-23-,26-24-,31-29-,32-30-,38-36-. The molecule has 420 valence electrons. The Hall–Kier alpha value is -3.76. The van der Waals surface area contributed by atoms with Crippen molar-refractivity contribution in [2.75, 3.05) is 26.4 Å². The van der Waals surface area contributed by atoms with Gasteiger partial charge in [-0.2, -0.15) is 8.42 Å². The van der Waals surface area contributed by atoms with Crippen LogP contribution in [0.2, 0.25) is 0 Å². The Labute approximate surface area is 448 Å². The molecule has 4 N–H and O–H groups in total. The molecule has 0 aromatic rings. The lowest BCUT2D eigenvalue weighted by Crippen LogP contribution is -2.60. The van der Waals surface area contributed by atoms with Crippen LogP contribution in [0.3, 0.4) is 0 Å². The van der Waals surface area contributed by atoms with Crippen LogP contribution in [0, 0.1) is 0 Å². The highest BCUT2D eigenvalue weighted by molar-refractivity contribution is 7.80. The number of rotatable bonds is 47. The second-order valence-electron chi connectivity index (χ2n) is 18.4. The van der Waals surface area contributed by atoms with Gasteiger partial charge in [0.25, 0.3) is 0 Å². The van der Waals surface area contributed by atoms with Crippen molar-refractivity contribution in [3.8, 4) is 0 Å². The molecule has 0 aromatic carbocycles. The monoisotopic (exact) mass is 1050 g/mol. The molecular formula is C61H98O12S. The van der Waals surface area contributed by atoms with E-state index in [9.17, 15) is 33.1 Å². The lowest BCUT2D eigenvalue weighted by molar-refractivity contribution is -0.301. The van der Waals surface area contributed by atoms with Crippen LogP contribution in [0.5, 0.6) is 0 Å². The highest BCUT2D eigenvalue weighted by atomic mass is 32.3. The van der Waals surface area contributed by atoms with Gasteiger partial charge in [-0.1, -0.05) is 199 Å². The average molecular weight is 1060 g/mol. The summed E-state index contributed by atoms with van der Waals surface area (Å²) in [6.45, 7) is 3.70. The van der Waals surface area contributed by atoms with E-state index in [0.29, 0.717) is 13.0 Å². The van der Waals surface area contributed by atoms with E-state index < -0.39 is 59.8 Å². The maximum atomic E-state index is 13.0. The van der Waals surface area contributed by atoms with Crippen molar-refractivity contribution in [1.29, 1.82) is 0 Å². The van der Waals surface area contributed by atoms with Crippen LogP contribution >= 0.6 is 0 Å². The molecule has 0 saturated carbocycles. The number of aliphatic hydroxyl groups is 3. The van der Waals surface area contributed by atoms with Crippen LogP contribution in [0.25, 0.3) is 0 Å². The number of carbonyl (C=O) groups is 1. The van der Waals surface area contributed by atoms with Crippen LogP contribution in [-0.4, -0.2) is 97.5 Å². The van der Waals surface area contributed by atoms with Crippen molar-refractivity contribution in [3.05, 3.63) is 134 Å². The molecule has 0 bridgehead atoms. The molecule has 12 nitrogen and oxygen atoms in total. The molecular weight excluding hydrogens is 957 g/mol. The zero-order valence-electron chi connectivity index (χ0n) is 45.3. The van der Waals surface area contributed by atoms with Gasteiger partial charge >= 0.3 is 16.4 Å². The van der Waals surface area contributed by atoms with E-state index in [2.05, 4.69) is 152 Å². The smallest absolute Gasteiger partial charge is 0.397 e. The van der Waals surface area contributed by atoms with Crippen molar-refractivity contribution >= 4 is 16.4 Å². The van der Waals surface area contributed by atoms with E-state index in [1.165, 1.54) is 25.7 Å². The molecule has 0 amide bonds. The maximum Gasteiger partial charge on any atom is 0.397 e. The number of carbonyl (C=O) groups excluding carboxylic acids is 1. The van der Waals surface area contributed by atoms with Crippen molar-refractivity contribution in [2.45, 2.75) is 218 Å². The molecule has 74 heavy (non-hydrogen) atoms. The van der Waals surface area contributed by atoms with Gasteiger partial charge in [0, 0.05) is 13.0 Å². The highest BCUT2D eigenvalue weighted by Gasteiger charge is 2.48. The first-order valence-electron chi connectivity index (χ1n) is 27.9. The van der Waals surface area contributed by atoms with Gasteiger partial charge in [-0.05, 0) is 109 Å². The summed E-state index contributed by atoms with van der Waals surface area (Å²) in [4.78, 5) is 13.0. The molecule has 0 radical (unpaired) electrons. The molecule has 1 rings (SSSR count). The average Bonchev–Trinajstić information content (AvgIpc) is 3.38. The summed E-state index contributed by atoms with van der Waals surface area (Å²) in [6, 6.07) is 0. The van der Waals surface area contributed by atoms with Gasteiger partial charge in [0.2, 0.25) is 0 Å². The SMILES string of the molecule is CC/C=C\C/C=C\C/C=C\C/C=C\C/C=C\C/C=C\CCCCCCC(=O)OC(COCCCCCCCCCC/C=C\C/C=C\C/C=C\C/C=C\C/C=C\CC)COC1OC(CO)C(O)C(OS(=O)(=O)O)C1O. The quantitative estimate of drug-likeness (QED) is 0.0197. The third-order valence-corrected chi connectivity index (χ3v) is 12.2. The molecule has 1 fully saturated rings. The summed E-state index contributed by atoms with van der Waals surface area (Å²) >= 11 is 0. The number of ether oxygens (including phenoxy) is 4. The molecule has 6 atom stereocenters. The topological polar surface area (TPSA) is 178 Å². The molecule has 1 heterocycles. The van der Waals surface area contributed by atoms with Gasteiger partial charge in [0.15, 0.2) is 6.29 Å². The molecule has 1 aliphatic rings. The Kier molecular flexibility index (Phi) is 46.2. The van der Waals surface area contributed by atoms with Crippen molar-refractivity contribution < 1.29 is 56.2 Å². The molecule has 1 aliphatic heterocycles. The Bertz CT molecular complexity index is 1790. The van der Waals surface area contributed by atoms with Crippen LogP contribution in [-0.2, 0) is 38.3 Å². The molecule has 0 aliphatic carbocycles. The van der Waals surface area contributed by atoms with E-state index in [1.807, 2.05) is 0 Å². The van der Waals surface area contributed by atoms with E-state index in [0.717, 1.165) is 128 Å². The lowest BCUT2D eigenvalue weighted by atomic mass is 9.99. The predicted octanol–water partition coefficient (Wildman–Crippen LogP) is 13.9. The number of allylic oxidation sites excluding steroid dienone is 22. The van der Waals surface area contributed by atoms with Crippen LogP contribution in [0.4, 0.5) is 0 Å². The minimum absolute atomic E-state index is 0.00933. The van der Waals surface area contributed by atoms with E-state index in [-0.39, 0.29) is 19.6 Å². The highest BCUT2D eigenvalue weighted by Crippen LogP contribution is 2.26. The Morgan fingerprint density at radius 3 is 1.30 bits per heavy atom. The largest absolute Gasteiger partial charge is 0.457 e. The molecule has 1 saturated heterocycles. The third kappa shape index (κ3) is 42.5. The summed E-state index contributed by atoms with van der Waals surface area (Å²) in [7, 11) is -5.08. The first-order chi connectivity index (χ1) is 36.1. The summed E-state index contributed by atoms with van der Waals surface area (Å²) in [5.41, 5.74) is 0. The van der Waals surface area contributed by atoms with E-state index >= 15 is 0 Å². The van der Waals surface area contributed by atoms with Crippen molar-refractivity contribution in [1.82, 2.24) is 0 Å². The zero-order valence-corrected chi connectivity index (χ0v) is 46.2. The van der Waals surface area contributed by atoms with Crippen molar-refractivity contribution in [2.24, 2.45) is 0 Å². The zero-order chi connectivity index (χ0) is 53.8. The minimum Gasteiger partial charge on any atom is -0.457 e. The van der Waals surface area contributed by atoms with Crippen LogP contribution in [0.1, 0.15) is 181 Å². The van der Waals surface area contributed by atoms with E-state index in [1.54, 1.807) is 0 Å². The third-order valence-electron chi connectivity index (χ3n) is 11.8. The fourth-order valence-electron chi connectivity index (χ4n) is 7.64. The Balaban J connectivity index is 2.37. The molecule has 6 unspecified atom stereocenters. The van der Waals surface area contributed by atoms with E-state index in [4.69, 9.17) is 18.9 Å². The summed E-state index contributed by atoms with van der Waals surface area (Å²) < 4.78 is 59.4. The van der Waals surface area contributed by atoms with Gasteiger partial charge in [0.05, 0.1) is 19.8 Å². The van der Waals surface area contributed by atoms with Gasteiger partial charge < -0.3 is 34.3 Å². The van der Waals surface area contributed by atoms with Crippen LogP contribution in [0.15, 0.2) is 134 Å². The minimum atomic E-state index is -5.08. The van der Waals surface area contributed by atoms with Gasteiger partial charge in [0.1, 0.15) is 30.5 Å². The molecule has 0 spiro atoms. The summed E-state index contributed by atoms with van der Waals surface area (Å²) in [6.07, 6.45) is 64.7. The van der Waals surface area contributed by atoms with Crippen molar-refractivity contribution in [3.63, 3.8) is 0 Å². The van der Waals surface area contributed by atoms with Crippen LogP contribution < -0.4 is 0 Å². The summed E-state index contributed by atoms with van der Waals surface area (Å²) in [5.74, 6) is -0.432. The number of aliphatic hydroxyl groups excluding tert-OH is 3. The fourth-order valence-corrected chi connectivity index (χ4v) is 8.15. The number of hydrogen-bond donors (Lipinski definition) is 4. The first-order valence-corrected chi connectivity index (χ1v) is 29.3. The molecule has 0 aromatic heterocycles. The predicted molar refractivity (Wildman–Crippen MR) is 303 cm³/mol.